The maximum atomic E-state index is 11.9. The number of ether oxygens (including phenoxy) is 4. The van der Waals surface area contributed by atoms with Crippen molar-refractivity contribution in [2.75, 3.05) is 26.9 Å². The normalized spacial score (nSPS) is 10.4. The number of benzene rings is 1. The fourth-order valence-electron chi connectivity index (χ4n) is 2.33. The number of hydrogen-bond donors (Lipinski definition) is 0. The largest absolute Gasteiger partial charge is 0.497 e. The van der Waals surface area contributed by atoms with Gasteiger partial charge in [0.05, 0.1) is 26.9 Å². The third-order valence-electron chi connectivity index (χ3n) is 3.59. The lowest BCUT2D eigenvalue weighted by Crippen LogP contribution is -2.28. The molecule has 0 unspecified atom stereocenters. The summed E-state index contributed by atoms with van der Waals surface area (Å²) >= 11 is 0. The molecule has 0 aliphatic carbocycles. The summed E-state index contributed by atoms with van der Waals surface area (Å²) < 4.78 is 20.7. The number of unbranched alkanes of at least 4 members (excludes halogenated alkanes) is 2. The fourth-order valence-corrected chi connectivity index (χ4v) is 2.33. The summed E-state index contributed by atoms with van der Waals surface area (Å²) in [5, 5.41) is 0. The van der Waals surface area contributed by atoms with E-state index in [4.69, 9.17) is 18.9 Å². The zero-order valence-corrected chi connectivity index (χ0v) is 15.3. The molecule has 1 aromatic rings. The minimum atomic E-state index is -0.834. The predicted octanol–water partition coefficient (Wildman–Crippen LogP) is 3.38. The highest BCUT2D eigenvalue weighted by Gasteiger charge is 2.28. The average Bonchev–Trinajstić information content (AvgIpc) is 2.61. The molecule has 0 fully saturated rings. The van der Waals surface area contributed by atoms with Crippen molar-refractivity contribution in [1.29, 1.82) is 0 Å². The summed E-state index contributed by atoms with van der Waals surface area (Å²) in [5.74, 6) is -0.333. The summed E-state index contributed by atoms with van der Waals surface area (Å²) in [5.41, 5.74) is 0. The minimum absolute atomic E-state index is 0.253. The summed E-state index contributed by atoms with van der Waals surface area (Å²) in [6.45, 7) is 4.51. The summed E-state index contributed by atoms with van der Waals surface area (Å²) in [6.07, 6.45) is 2.83. The summed E-state index contributed by atoms with van der Waals surface area (Å²) in [7, 11) is 1.61. The van der Waals surface area contributed by atoms with Crippen LogP contribution in [-0.4, -0.2) is 38.9 Å². The van der Waals surface area contributed by atoms with Crippen molar-refractivity contribution < 1.29 is 28.5 Å². The predicted molar refractivity (Wildman–Crippen MR) is 93.7 cm³/mol. The van der Waals surface area contributed by atoms with E-state index >= 15 is 0 Å². The van der Waals surface area contributed by atoms with Crippen molar-refractivity contribution >= 4 is 11.9 Å². The van der Waals surface area contributed by atoms with Crippen molar-refractivity contribution in [3.63, 3.8) is 0 Å². The van der Waals surface area contributed by atoms with E-state index in [1.54, 1.807) is 21.0 Å². The lowest BCUT2D eigenvalue weighted by molar-refractivity contribution is -0.161. The molecule has 6 heteroatoms. The van der Waals surface area contributed by atoms with Gasteiger partial charge >= 0.3 is 11.9 Å². The Kier molecular flexibility index (Phi) is 10.1. The topological polar surface area (TPSA) is 71.1 Å². The van der Waals surface area contributed by atoms with Crippen LogP contribution in [0.3, 0.4) is 0 Å². The van der Waals surface area contributed by atoms with Gasteiger partial charge < -0.3 is 18.9 Å². The molecule has 6 nitrogen and oxygen atoms in total. The van der Waals surface area contributed by atoms with Crippen molar-refractivity contribution in [2.24, 2.45) is 5.92 Å². The Morgan fingerprint density at radius 3 is 2.20 bits per heavy atom. The van der Waals surface area contributed by atoms with Crippen LogP contribution in [0.5, 0.6) is 11.5 Å². The zero-order valence-electron chi connectivity index (χ0n) is 15.3. The Labute approximate surface area is 149 Å². The molecular formula is C19H28O6. The van der Waals surface area contributed by atoms with Gasteiger partial charge in [-0.25, -0.2) is 0 Å². The molecule has 0 aliphatic rings. The summed E-state index contributed by atoms with van der Waals surface area (Å²) in [6, 6.07) is 7.44. The molecule has 0 N–H and O–H groups in total. The smallest absolute Gasteiger partial charge is 0.320 e. The molecule has 1 rings (SSSR count). The van der Waals surface area contributed by atoms with E-state index in [1.165, 1.54) is 0 Å². The Balaban J connectivity index is 2.30. The van der Waals surface area contributed by atoms with Crippen LogP contribution >= 0.6 is 0 Å². The maximum Gasteiger partial charge on any atom is 0.320 e. The monoisotopic (exact) mass is 352 g/mol. The molecule has 140 valence electrons. The zero-order chi connectivity index (χ0) is 18.5. The van der Waals surface area contributed by atoms with Crippen molar-refractivity contribution in [1.82, 2.24) is 0 Å². The number of carbonyl (C=O) groups excluding carboxylic acids is 2. The highest BCUT2D eigenvalue weighted by molar-refractivity contribution is 5.94. The first-order chi connectivity index (χ1) is 12.1. The van der Waals surface area contributed by atoms with Gasteiger partial charge in [0.15, 0.2) is 5.92 Å². The van der Waals surface area contributed by atoms with Gasteiger partial charge in [-0.05, 0) is 38.8 Å². The van der Waals surface area contributed by atoms with Gasteiger partial charge in [-0.3, -0.25) is 9.59 Å². The lowest BCUT2D eigenvalue weighted by atomic mass is 10.0. The second kappa shape index (κ2) is 12.2. The van der Waals surface area contributed by atoms with Gasteiger partial charge in [0.2, 0.25) is 0 Å². The molecule has 0 saturated heterocycles. The van der Waals surface area contributed by atoms with Gasteiger partial charge in [0.1, 0.15) is 11.5 Å². The van der Waals surface area contributed by atoms with Crippen LogP contribution in [0.15, 0.2) is 24.3 Å². The molecule has 0 aliphatic heterocycles. The molecule has 25 heavy (non-hydrogen) atoms. The molecule has 0 aromatic heterocycles. The molecule has 0 saturated carbocycles. The van der Waals surface area contributed by atoms with E-state index in [9.17, 15) is 9.59 Å². The van der Waals surface area contributed by atoms with Crippen LogP contribution in [0, 0.1) is 5.92 Å². The molecule has 0 atom stereocenters. The maximum absolute atomic E-state index is 11.9. The third kappa shape index (κ3) is 7.92. The molecule has 1 aromatic carbocycles. The molecule has 0 spiro atoms. The lowest BCUT2D eigenvalue weighted by Gasteiger charge is -2.14. The number of hydrogen-bond acceptors (Lipinski definition) is 6. The van der Waals surface area contributed by atoms with Crippen LogP contribution in [0.25, 0.3) is 0 Å². The molecule has 0 radical (unpaired) electrons. The number of rotatable bonds is 12. The van der Waals surface area contributed by atoms with E-state index in [2.05, 4.69) is 0 Å². The van der Waals surface area contributed by atoms with E-state index in [0.717, 1.165) is 30.8 Å². The molecule has 0 heterocycles. The van der Waals surface area contributed by atoms with E-state index in [-0.39, 0.29) is 13.2 Å². The second-order valence-electron chi connectivity index (χ2n) is 5.43. The first kappa shape index (κ1) is 20.8. The highest BCUT2D eigenvalue weighted by atomic mass is 16.6. The van der Waals surface area contributed by atoms with E-state index in [1.807, 2.05) is 24.3 Å². The van der Waals surface area contributed by atoms with Crippen LogP contribution in [0.2, 0.25) is 0 Å². The summed E-state index contributed by atoms with van der Waals surface area (Å²) in [4.78, 5) is 23.7. The average molecular weight is 352 g/mol. The van der Waals surface area contributed by atoms with Crippen LogP contribution in [0.4, 0.5) is 0 Å². The van der Waals surface area contributed by atoms with E-state index < -0.39 is 17.9 Å². The van der Waals surface area contributed by atoms with Crippen molar-refractivity contribution in [3.8, 4) is 11.5 Å². The quantitative estimate of drug-likeness (QED) is 0.326. The number of methoxy groups -OCH3 is 1. The highest BCUT2D eigenvalue weighted by Crippen LogP contribution is 2.19. The Morgan fingerprint density at radius 1 is 0.960 bits per heavy atom. The minimum Gasteiger partial charge on any atom is -0.497 e. The van der Waals surface area contributed by atoms with Crippen molar-refractivity contribution in [3.05, 3.63) is 24.3 Å². The van der Waals surface area contributed by atoms with E-state index in [0.29, 0.717) is 13.0 Å². The first-order valence-corrected chi connectivity index (χ1v) is 8.72. The van der Waals surface area contributed by atoms with Crippen LogP contribution in [0.1, 0.15) is 39.5 Å². The van der Waals surface area contributed by atoms with Crippen LogP contribution < -0.4 is 9.47 Å². The first-order valence-electron chi connectivity index (χ1n) is 8.72. The molecule has 0 bridgehead atoms. The fraction of sp³-hybridized carbons (Fsp3) is 0.579. The number of carbonyl (C=O) groups is 2. The van der Waals surface area contributed by atoms with Gasteiger partial charge in [0.25, 0.3) is 0 Å². The van der Waals surface area contributed by atoms with Crippen molar-refractivity contribution in [2.45, 2.75) is 39.5 Å². The molecular weight excluding hydrogens is 324 g/mol. The number of esters is 2. The van der Waals surface area contributed by atoms with Crippen LogP contribution in [-0.2, 0) is 19.1 Å². The van der Waals surface area contributed by atoms with Gasteiger partial charge in [-0.2, -0.15) is 0 Å². The third-order valence-corrected chi connectivity index (χ3v) is 3.59. The SMILES string of the molecule is CCOC(=O)C(CCCCCOc1cccc(OC)c1)C(=O)OCC. The Morgan fingerprint density at radius 2 is 1.60 bits per heavy atom. The second-order valence-corrected chi connectivity index (χ2v) is 5.43. The Bertz CT molecular complexity index is 510. The van der Waals surface area contributed by atoms with Gasteiger partial charge in [-0.1, -0.05) is 18.9 Å². The standard InChI is InChI=1S/C19H28O6/c1-4-23-18(20)17(19(21)24-5-2)12-7-6-8-13-25-16-11-9-10-15(14-16)22-3/h9-11,14,17H,4-8,12-13H2,1-3H3. The van der Waals surface area contributed by atoms with Gasteiger partial charge in [-0.15, -0.1) is 0 Å². The Hall–Kier alpha value is -2.24. The molecule has 0 amide bonds. The van der Waals surface area contributed by atoms with Gasteiger partial charge in [0, 0.05) is 6.07 Å².